The molecule has 9 nitrogen and oxygen atoms in total. The molecule has 40 heavy (non-hydrogen) atoms. The summed E-state index contributed by atoms with van der Waals surface area (Å²) in [6, 6.07) is 11.5. The van der Waals surface area contributed by atoms with Crippen LogP contribution in [0, 0.1) is 0 Å². The van der Waals surface area contributed by atoms with Crippen molar-refractivity contribution in [3.63, 3.8) is 0 Å². The van der Waals surface area contributed by atoms with Gasteiger partial charge in [0.15, 0.2) is 0 Å². The van der Waals surface area contributed by atoms with Gasteiger partial charge in [-0.3, -0.25) is 9.69 Å². The largest absolute Gasteiger partial charge is 0.383 e. The van der Waals surface area contributed by atoms with E-state index in [1.54, 1.807) is 45.9 Å². The van der Waals surface area contributed by atoms with E-state index in [0.717, 1.165) is 13.1 Å². The first-order chi connectivity index (χ1) is 19.2. The number of carbonyl (C=O) groups excluding carboxylic acids is 1. The maximum absolute atomic E-state index is 13.7. The molecule has 0 saturated carbocycles. The van der Waals surface area contributed by atoms with Crippen molar-refractivity contribution in [2.75, 3.05) is 53.1 Å². The minimum Gasteiger partial charge on any atom is -0.383 e. The molecule has 1 aliphatic heterocycles. The Labute approximate surface area is 249 Å². The van der Waals surface area contributed by atoms with Crippen LogP contribution in [0.3, 0.4) is 0 Å². The van der Waals surface area contributed by atoms with Gasteiger partial charge in [-0.1, -0.05) is 53.0 Å². The zero-order valence-electron chi connectivity index (χ0n) is 22.1. The molecule has 3 aromatic rings. The Bertz CT molecular complexity index is 1430. The topological polar surface area (TPSA) is 94.0 Å². The van der Waals surface area contributed by atoms with Gasteiger partial charge >= 0.3 is 0 Å². The lowest BCUT2D eigenvalue weighted by molar-refractivity contribution is 0.0319. The van der Waals surface area contributed by atoms with E-state index >= 15 is 0 Å². The number of rotatable bonds is 12. The highest BCUT2D eigenvalue weighted by Gasteiger charge is 2.27. The van der Waals surface area contributed by atoms with Crippen LogP contribution in [-0.4, -0.2) is 86.8 Å². The average Bonchev–Trinajstić information content (AvgIpc) is 3.34. The summed E-state index contributed by atoms with van der Waals surface area (Å²) in [4.78, 5) is 21.9. The van der Waals surface area contributed by atoms with E-state index in [4.69, 9.17) is 44.3 Å². The first-order valence-electron chi connectivity index (χ1n) is 12.7. The Morgan fingerprint density at radius 2 is 1.82 bits per heavy atom. The zero-order chi connectivity index (χ0) is 28.7. The van der Waals surface area contributed by atoms with Gasteiger partial charge in [0.05, 0.1) is 54.6 Å². The van der Waals surface area contributed by atoms with E-state index in [9.17, 15) is 13.2 Å². The standard InChI is InChI=1S/C27H31Cl3N4O5S/c1-38-13-12-34-22(17-31-27(34)40(36,37)19-20-4-2-3-5-24(20)29)18-33(9-8-32-10-14-39-15-11-32)26(35)23-7-6-21(28)16-25(23)30/h2-7,16-17H,8-15,18-19H2,1H3. The van der Waals surface area contributed by atoms with Crippen LogP contribution in [0.15, 0.2) is 53.8 Å². The molecule has 0 spiro atoms. The van der Waals surface area contributed by atoms with Gasteiger partial charge in [-0.15, -0.1) is 0 Å². The molecule has 13 heteroatoms. The predicted molar refractivity (Wildman–Crippen MR) is 155 cm³/mol. The summed E-state index contributed by atoms with van der Waals surface area (Å²) in [5, 5.41) is 0.919. The number of aromatic nitrogens is 2. The number of morpholine rings is 1. The SMILES string of the molecule is COCCn1c(CN(CCN2CCOCC2)C(=O)c2ccc(Cl)cc2Cl)cnc1S(=O)(=O)Cc1ccccc1Cl. The summed E-state index contributed by atoms with van der Waals surface area (Å²) in [6.45, 7) is 4.39. The molecule has 1 fully saturated rings. The van der Waals surface area contributed by atoms with Crippen molar-refractivity contribution in [2.24, 2.45) is 0 Å². The summed E-state index contributed by atoms with van der Waals surface area (Å²) in [6.07, 6.45) is 1.49. The fraction of sp³-hybridized carbons (Fsp3) is 0.407. The number of methoxy groups -OCH3 is 1. The van der Waals surface area contributed by atoms with Crippen molar-refractivity contribution < 1.29 is 22.7 Å². The molecule has 1 aromatic heterocycles. The summed E-state index contributed by atoms with van der Waals surface area (Å²) in [7, 11) is -2.34. The van der Waals surface area contributed by atoms with E-state index in [2.05, 4.69) is 9.88 Å². The fourth-order valence-corrected chi connectivity index (χ4v) is 6.76. The predicted octanol–water partition coefficient (Wildman–Crippen LogP) is 4.44. The quantitative estimate of drug-likeness (QED) is 0.293. The summed E-state index contributed by atoms with van der Waals surface area (Å²) in [5.74, 6) is -0.606. The second-order valence-corrected chi connectivity index (χ2v) is 12.5. The molecular weight excluding hydrogens is 599 g/mol. The van der Waals surface area contributed by atoms with Gasteiger partial charge in [-0.2, -0.15) is 0 Å². The van der Waals surface area contributed by atoms with Gasteiger partial charge < -0.3 is 18.9 Å². The maximum atomic E-state index is 13.7. The minimum atomic E-state index is -3.87. The lowest BCUT2D eigenvalue weighted by Gasteiger charge is -2.30. The van der Waals surface area contributed by atoms with Crippen molar-refractivity contribution >= 4 is 50.5 Å². The Morgan fingerprint density at radius 1 is 1.07 bits per heavy atom. The molecule has 0 aliphatic carbocycles. The van der Waals surface area contributed by atoms with Gasteiger partial charge in [0.1, 0.15) is 0 Å². The fourth-order valence-electron chi connectivity index (χ4n) is 4.44. The van der Waals surface area contributed by atoms with Crippen molar-refractivity contribution in [1.82, 2.24) is 19.4 Å². The molecule has 0 N–H and O–H groups in total. The number of hydrogen-bond acceptors (Lipinski definition) is 7. The first kappa shape index (κ1) is 30.8. The van der Waals surface area contributed by atoms with Gasteiger partial charge in [0.25, 0.3) is 5.91 Å². The van der Waals surface area contributed by atoms with Crippen molar-refractivity contribution in [3.05, 3.63) is 80.6 Å². The van der Waals surface area contributed by atoms with Crippen LogP contribution >= 0.6 is 34.8 Å². The van der Waals surface area contributed by atoms with Crippen LogP contribution in [0.25, 0.3) is 0 Å². The highest BCUT2D eigenvalue weighted by atomic mass is 35.5. The molecular formula is C27H31Cl3N4O5S. The van der Waals surface area contributed by atoms with Gasteiger partial charge in [0.2, 0.25) is 15.0 Å². The van der Waals surface area contributed by atoms with Crippen LogP contribution in [0.5, 0.6) is 0 Å². The van der Waals surface area contributed by atoms with Crippen molar-refractivity contribution in [1.29, 1.82) is 0 Å². The lowest BCUT2D eigenvalue weighted by Crippen LogP contribution is -2.43. The highest BCUT2D eigenvalue weighted by Crippen LogP contribution is 2.25. The third kappa shape index (κ3) is 7.76. The Hall–Kier alpha value is -2.18. The van der Waals surface area contributed by atoms with Crippen LogP contribution < -0.4 is 0 Å². The molecule has 1 aliphatic rings. The van der Waals surface area contributed by atoms with E-state index in [-0.39, 0.29) is 41.5 Å². The van der Waals surface area contributed by atoms with Crippen molar-refractivity contribution in [2.45, 2.75) is 24.0 Å². The average molecular weight is 630 g/mol. The van der Waals surface area contributed by atoms with Crippen LogP contribution in [-0.2, 0) is 38.2 Å². The molecule has 4 rings (SSSR count). The molecule has 1 amide bonds. The van der Waals surface area contributed by atoms with E-state index in [1.807, 2.05) is 0 Å². The number of carbonyl (C=O) groups is 1. The normalized spacial score (nSPS) is 14.4. The van der Waals surface area contributed by atoms with Gasteiger partial charge in [-0.05, 0) is 29.8 Å². The van der Waals surface area contributed by atoms with Crippen LogP contribution in [0.2, 0.25) is 15.1 Å². The Kier molecular flexibility index (Phi) is 10.9. The Morgan fingerprint density at radius 3 is 2.52 bits per heavy atom. The summed E-state index contributed by atoms with van der Waals surface area (Å²) in [5.41, 5.74) is 1.34. The number of benzene rings is 2. The first-order valence-corrected chi connectivity index (χ1v) is 15.5. The minimum absolute atomic E-state index is 0.107. The number of amides is 1. The third-order valence-electron chi connectivity index (χ3n) is 6.59. The second kappa shape index (κ2) is 14.1. The highest BCUT2D eigenvalue weighted by molar-refractivity contribution is 7.90. The molecule has 0 bridgehead atoms. The van der Waals surface area contributed by atoms with E-state index in [0.29, 0.717) is 53.2 Å². The number of hydrogen-bond donors (Lipinski definition) is 0. The van der Waals surface area contributed by atoms with Crippen LogP contribution in [0.4, 0.5) is 0 Å². The van der Waals surface area contributed by atoms with Crippen LogP contribution in [0.1, 0.15) is 21.6 Å². The molecule has 216 valence electrons. The number of imidazole rings is 1. The zero-order valence-corrected chi connectivity index (χ0v) is 25.1. The molecule has 2 aromatic carbocycles. The van der Waals surface area contributed by atoms with E-state index < -0.39 is 9.84 Å². The third-order valence-corrected chi connectivity index (χ3v) is 9.08. The number of ether oxygens (including phenoxy) is 2. The lowest BCUT2D eigenvalue weighted by atomic mass is 10.2. The molecule has 0 unspecified atom stereocenters. The Balaban J connectivity index is 1.65. The summed E-state index contributed by atoms with van der Waals surface area (Å²) >= 11 is 18.7. The number of sulfone groups is 1. The van der Waals surface area contributed by atoms with Gasteiger partial charge in [0, 0.05) is 49.9 Å². The van der Waals surface area contributed by atoms with Crippen molar-refractivity contribution in [3.8, 4) is 0 Å². The molecule has 0 radical (unpaired) electrons. The number of halogens is 3. The monoisotopic (exact) mass is 628 g/mol. The summed E-state index contributed by atoms with van der Waals surface area (Å²) < 4.78 is 39.3. The molecule has 0 atom stereocenters. The molecule has 2 heterocycles. The van der Waals surface area contributed by atoms with Gasteiger partial charge in [-0.25, -0.2) is 13.4 Å². The maximum Gasteiger partial charge on any atom is 0.255 e. The second-order valence-electron chi connectivity index (χ2n) is 9.33. The number of nitrogens with zero attached hydrogens (tertiary/aromatic N) is 4. The smallest absolute Gasteiger partial charge is 0.255 e. The molecule has 1 saturated heterocycles. The van der Waals surface area contributed by atoms with E-state index in [1.165, 1.54) is 19.4 Å².